The molecule has 1 heterocycles. The molecule has 0 aliphatic rings. The van der Waals surface area contributed by atoms with E-state index in [1.807, 2.05) is 6.07 Å². The summed E-state index contributed by atoms with van der Waals surface area (Å²) < 4.78 is 0. The number of amides is 1. The van der Waals surface area contributed by atoms with E-state index in [9.17, 15) is 4.79 Å². The first-order chi connectivity index (χ1) is 5.65. The van der Waals surface area contributed by atoms with E-state index in [4.69, 9.17) is 22.6 Å². The summed E-state index contributed by atoms with van der Waals surface area (Å²) in [6, 6.07) is 1.85. The van der Waals surface area contributed by atoms with Gasteiger partial charge in [-0.15, -0.1) is 0 Å². The lowest BCUT2D eigenvalue weighted by molar-refractivity contribution is 0.0995. The summed E-state index contributed by atoms with van der Waals surface area (Å²) in [5, 5.41) is 8.41. The average Bonchev–Trinajstić information content (AvgIpc) is 2.32. The molecule has 0 saturated carbocycles. The van der Waals surface area contributed by atoms with Crippen molar-refractivity contribution >= 4 is 17.5 Å². The van der Waals surface area contributed by atoms with Crippen LogP contribution in [-0.4, -0.2) is 15.9 Å². The van der Waals surface area contributed by atoms with E-state index in [-0.39, 0.29) is 17.4 Å². The van der Waals surface area contributed by atoms with Gasteiger partial charge in [-0.2, -0.15) is 5.26 Å². The summed E-state index contributed by atoms with van der Waals surface area (Å²) in [4.78, 5) is 16.9. The molecule has 0 aromatic carbocycles. The lowest BCUT2D eigenvalue weighted by Gasteiger charge is -1.89. The number of nitrogens with one attached hydrogen (secondary N) is 1. The van der Waals surface area contributed by atoms with Crippen LogP contribution in [0.4, 0.5) is 0 Å². The number of aromatic amines is 1. The van der Waals surface area contributed by atoms with E-state index in [0.29, 0.717) is 5.69 Å². The average molecular weight is 185 g/mol. The Morgan fingerprint density at radius 1 is 1.83 bits per heavy atom. The predicted octanol–water partition coefficient (Wildman–Crippen LogP) is 0.228. The quantitative estimate of drug-likeness (QED) is 0.689. The standard InChI is InChI=1S/C6H5ClN4O/c7-6-10-3(1-2-8)4(11-6)5(9)12/h1H2,(H2,9,12)(H,10,11). The van der Waals surface area contributed by atoms with E-state index in [1.165, 1.54) is 0 Å². The Morgan fingerprint density at radius 3 is 3.00 bits per heavy atom. The van der Waals surface area contributed by atoms with E-state index < -0.39 is 5.91 Å². The third-order valence-electron chi connectivity index (χ3n) is 1.24. The summed E-state index contributed by atoms with van der Waals surface area (Å²) in [6.07, 6.45) is 0.0397. The molecule has 0 bridgehead atoms. The van der Waals surface area contributed by atoms with Gasteiger partial charge in [-0.25, -0.2) is 4.98 Å². The van der Waals surface area contributed by atoms with Gasteiger partial charge in [0.05, 0.1) is 18.2 Å². The number of nitriles is 1. The molecule has 0 aliphatic carbocycles. The zero-order valence-electron chi connectivity index (χ0n) is 5.97. The van der Waals surface area contributed by atoms with Crippen LogP contribution in [0.3, 0.4) is 0 Å². The lowest BCUT2D eigenvalue weighted by atomic mass is 10.2. The number of carbonyl (C=O) groups is 1. The second kappa shape index (κ2) is 3.24. The smallest absolute Gasteiger partial charge is 0.269 e. The molecule has 5 nitrogen and oxygen atoms in total. The van der Waals surface area contributed by atoms with Gasteiger partial charge in [-0.1, -0.05) is 0 Å². The first-order valence-electron chi connectivity index (χ1n) is 3.06. The molecular formula is C6H5ClN4O. The highest BCUT2D eigenvalue weighted by Crippen LogP contribution is 2.09. The van der Waals surface area contributed by atoms with Gasteiger partial charge in [0.25, 0.3) is 5.91 Å². The van der Waals surface area contributed by atoms with Crippen LogP contribution in [0.1, 0.15) is 16.2 Å². The highest BCUT2D eigenvalue weighted by Gasteiger charge is 2.12. The normalized spacial score (nSPS) is 9.33. The van der Waals surface area contributed by atoms with Gasteiger partial charge in [-0.3, -0.25) is 4.79 Å². The minimum atomic E-state index is -0.691. The van der Waals surface area contributed by atoms with Crippen LogP contribution in [0.25, 0.3) is 0 Å². The van der Waals surface area contributed by atoms with Crippen molar-refractivity contribution in [3.8, 4) is 6.07 Å². The Kier molecular flexibility index (Phi) is 2.31. The van der Waals surface area contributed by atoms with Crippen molar-refractivity contribution < 1.29 is 4.79 Å². The molecule has 0 fully saturated rings. The minimum absolute atomic E-state index is 0.0292. The number of primary amides is 1. The summed E-state index contributed by atoms with van der Waals surface area (Å²) in [5.74, 6) is -0.691. The first kappa shape index (κ1) is 8.56. The Morgan fingerprint density at radius 2 is 2.50 bits per heavy atom. The SMILES string of the molecule is N#CCc1[nH]c(Cl)nc1C(N)=O. The van der Waals surface area contributed by atoms with E-state index in [2.05, 4.69) is 9.97 Å². The zero-order chi connectivity index (χ0) is 9.14. The lowest BCUT2D eigenvalue weighted by Crippen LogP contribution is -2.13. The van der Waals surface area contributed by atoms with Gasteiger partial charge < -0.3 is 10.7 Å². The Hall–Kier alpha value is -1.54. The number of imidazole rings is 1. The molecule has 62 valence electrons. The maximum atomic E-state index is 10.7. The van der Waals surface area contributed by atoms with Crippen LogP contribution in [0.15, 0.2) is 0 Å². The van der Waals surface area contributed by atoms with Crippen LogP contribution >= 0.6 is 11.6 Å². The third-order valence-corrected chi connectivity index (χ3v) is 1.42. The maximum absolute atomic E-state index is 10.7. The van der Waals surface area contributed by atoms with E-state index >= 15 is 0 Å². The van der Waals surface area contributed by atoms with Gasteiger partial charge in [0, 0.05) is 0 Å². The molecule has 12 heavy (non-hydrogen) atoms. The zero-order valence-corrected chi connectivity index (χ0v) is 6.72. The predicted molar refractivity (Wildman–Crippen MR) is 41.4 cm³/mol. The summed E-state index contributed by atoms with van der Waals surface area (Å²) in [5.41, 5.74) is 5.35. The first-order valence-corrected chi connectivity index (χ1v) is 3.44. The van der Waals surface area contributed by atoms with Crippen molar-refractivity contribution in [2.45, 2.75) is 6.42 Å². The molecular weight excluding hydrogens is 180 g/mol. The minimum Gasteiger partial charge on any atom is -0.364 e. The van der Waals surface area contributed by atoms with Crippen molar-refractivity contribution in [1.29, 1.82) is 5.26 Å². The van der Waals surface area contributed by atoms with Crippen LogP contribution in [-0.2, 0) is 6.42 Å². The summed E-state index contributed by atoms with van der Waals surface area (Å²) >= 11 is 5.46. The molecule has 1 rings (SSSR count). The largest absolute Gasteiger partial charge is 0.364 e. The number of halogens is 1. The number of carbonyl (C=O) groups excluding carboxylic acids is 1. The summed E-state index contributed by atoms with van der Waals surface area (Å²) in [6.45, 7) is 0. The van der Waals surface area contributed by atoms with Crippen LogP contribution < -0.4 is 5.73 Å². The van der Waals surface area contributed by atoms with Crippen molar-refractivity contribution in [1.82, 2.24) is 9.97 Å². The van der Waals surface area contributed by atoms with Crippen molar-refractivity contribution in [2.24, 2.45) is 5.73 Å². The molecule has 0 atom stereocenters. The topological polar surface area (TPSA) is 95.6 Å². The fourth-order valence-electron chi connectivity index (χ4n) is 0.788. The number of hydrogen-bond donors (Lipinski definition) is 2. The van der Waals surface area contributed by atoms with Crippen LogP contribution in [0.2, 0.25) is 5.28 Å². The van der Waals surface area contributed by atoms with Crippen molar-refractivity contribution in [3.63, 3.8) is 0 Å². The van der Waals surface area contributed by atoms with E-state index in [1.54, 1.807) is 0 Å². The van der Waals surface area contributed by atoms with Gasteiger partial charge in [0.2, 0.25) is 5.28 Å². The number of nitrogens with two attached hydrogens (primary N) is 1. The molecule has 1 aromatic rings. The Labute approximate surface area is 73.2 Å². The third kappa shape index (κ3) is 1.54. The molecule has 1 amide bonds. The maximum Gasteiger partial charge on any atom is 0.269 e. The Balaban J connectivity index is 3.10. The number of aromatic nitrogens is 2. The molecule has 1 aromatic heterocycles. The molecule has 0 radical (unpaired) electrons. The van der Waals surface area contributed by atoms with Crippen molar-refractivity contribution in [2.75, 3.05) is 0 Å². The number of rotatable bonds is 2. The van der Waals surface area contributed by atoms with Gasteiger partial charge in [-0.05, 0) is 11.6 Å². The second-order valence-corrected chi connectivity index (χ2v) is 2.41. The molecule has 3 N–H and O–H groups in total. The molecule has 0 spiro atoms. The monoisotopic (exact) mass is 184 g/mol. The van der Waals surface area contributed by atoms with Crippen molar-refractivity contribution in [3.05, 3.63) is 16.7 Å². The highest BCUT2D eigenvalue weighted by molar-refractivity contribution is 6.28. The molecule has 0 unspecified atom stereocenters. The fourth-order valence-corrected chi connectivity index (χ4v) is 0.987. The van der Waals surface area contributed by atoms with E-state index in [0.717, 1.165) is 0 Å². The number of nitrogens with zero attached hydrogens (tertiary/aromatic N) is 2. The fraction of sp³-hybridized carbons (Fsp3) is 0.167. The Bertz CT molecular complexity index is 351. The van der Waals surface area contributed by atoms with Crippen LogP contribution in [0, 0.1) is 11.3 Å². The summed E-state index contributed by atoms with van der Waals surface area (Å²) in [7, 11) is 0. The van der Waals surface area contributed by atoms with Crippen LogP contribution in [0.5, 0.6) is 0 Å². The molecule has 6 heteroatoms. The van der Waals surface area contributed by atoms with Gasteiger partial charge in [0.15, 0.2) is 5.69 Å². The number of H-pyrrole nitrogens is 1. The highest BCUT2D eigenvalue weighted by atomic mass is 35.5. The number of hydrogen-bond acceptors (Lipinski definition) is 3. The van der Waals surface area contributed by atoms with Gasteiger partial charge in [0.1, 0.15) is 0 Å². The molecule has 0 saturated heterocycles. The molecule has 0 aliphatic heterocycles. The van der Waals surface area contributed by atoms with Gasteiger partial charge >= 0.3 is 0 Å². The second-order valence-electron chi connectivity index (χ2n) is 2.05.